The van der Waals surface area contributed by atoms with Crippen LogP contribution in [0.5, 0.6) is 0 Å². The van der Waals surface area contributed by atoms with Gasteiger partial charge >= 0.3 is 0 Å². The Hall–Kier alpha value is -0.360. The molecule has 0 aromatic carbocycles. The molecule has 1 rings (SSSR count). The summed E-state index contributed by atoms with van der Waals surface area (Å²) in [4.78, 5) is 16.0. The summed E-state index contributed by atoms with van der Waals surface area (Å²) in [7, 11) is 3.67. The van der Waals surface area contributed by atoms with Gasteiger partial charge in [0, 0.05) is 33.2 Å². The molecular weight excluding hydrogens is 266 g/mol. The number of amides is 1. The summed E-state index contributed by atoms with van der Waals surface area (Å²) in [6, 6.07) is 0. The summed E-state index contributed by atoms with van der Waals surface area (Å²) >= 11 is 0. The van der Waals surface area contributed by atoms with Gasteiger partial charge in [-0.25, -0.2) is 0 Å². The number of ether oxygens (including phenoxy) is 1. The number of nitrogens with one attached hydrogen (secondary N) is 1. The highest BCUT2D eigenvalue weighted by Crippen LogP contribution is 2.19. The number of hydrogen-bond donors (Lipinski definition) is 1. The minimum absolute atomic E-state index is 0. The van der Waals surface area contributed by atoms with Gasteiger partial charge in [-0.05, 0) is 12.5 Å². The van der Waals surface area contributed by atoms with Gasteiger partial charge in [-0.15, -0.1) is 12.4 Å². The molecule has 0 bridgehead atoms. The third-order valence-corrected chi connectivity index (χ3v) is 3.17. The molecule has 0 atom stereocenters. The van der Waals surface area contributed by atoms with Gasteiger partial charge in [-0.2, -0.15) is 0 Å². The quantitative estimate of drug-likeness (QED) is 0.772. The average molecular weight is 294 g/mol. The second-order valence-corrected chi connectivity index (χ2v) is 5.83. The number of nitrogens with zero attached hydrogens (tertiary/aromatic N) is 2. The summed E-state index contributed by atoms with van der Waals surface area (Å²) in [6.07, 6.45) is 0. The predicted octanol–water partition coefficient (Wildman–Crippen LogP) is 0.444. The van der Waals surface area contributed by atoms with Crippen molar-refractivity contribution in [1.29, 1.82) is 0 Å². The Morgan fingerprint density at radius 1 is 1.37 bits per heavy atom. The zero-order valence-electron chi connectivity index (χ0n) is 12.6. The van der Waals surface area contributed by atoms with E-state index in [4.69, 9.17) is 4.74 Å². The minimum Gasteiger partial charge on any atom is -0.379 e. The molecule has 1 aliphatic heterocycles. The zero-order chi connectivity index (χ0) is 13.6. The van der Waals surface area contributed by atoms with Crippen LogP contribution in [0, 0.1) is 5.41 Å². The summed E-state index contributed by atoms with van der Waals surface area (Å²) in [6.45, 7) is 10.3. The predicted molar refractivity (Wildman–Crippen MR) is 79.9 cm³/mol. The molecule has 5 nitrogen and oxygen atoms in total. The second kappa shape index (κ2) is 8.74. The highest BCUT2D eigenvalue weighted by atomic mass is 35.5. The van der Waals surface area contributed by atoms with E-state index in [1.54, 1.807) is 7.05 Å². The van der Waals surface area contributed by atoms with E-state index in [2.05, 4.69) is 24.1 Å². The van der Waals surface area contributed by atoms with Gasteiger partial charge in [0.25, 0.3) is 0 Å². The first kappa shape index (κ1) is 18.6. The lowest BCUT2D eigenvalue weighted by Crippen LogP contribution is -2.47. The largest absolute Gasteiger partial charge is 0.379 e. The first-order valence-corrected chi connectivity index (χ1v) is 6.63. The van der Waals surface area contributed by atoms with Crippen molar-refractivity contribution >= 4 is 18.3 Å². The molecule has 6 heteroatoms. The van der Waals surface area contributed by atoms with E-state index >= 15 is 0 Å². The van der Waals surface area contributed by atoms with E-state index in [-0.39, 0.29) is 23.7 Å². The molecule has 1 saturated heterocycles. The van der Waals surface area contributed by atoms with Crippen LogP contribution in [0.1, 0.15) is 13.8 Å². The van der Waals surface area contributed by atoms with Crippen molar-refractivity contribution in [2.75, 3.05) is 60.0 Å². The molecule has 1 heterocycles. The molecule has 114 valence electrons. The fourth-order valence-corrected chi connectivity index (χ4v) is 2.43. The van der Waals surface area contributed by atoms with Gasteiger partial charge in [-0.3, -0.25) is 9.69 Å². The molecule has 1 amide bonds. The molecule has 0 aromatic rings. The van der Waals surface area contributed by atoms with Crippen molar-refractivity contribution in [2.45, 2.75) is 13.8 Å². The number of carbonyl (C=O) groups is 1. The van der Waals surface area contributed by atoms with Gasteiger partial charge in [0.1, 0.15) is 0 Å². The lowest BCUT2D eigenvalue weighted by atomic mass is 9.91. The fraction of sp³-hybridized carbons (Fsp3) is 0.923. The van der Waals surface area contributed by atoms with Gasteiger partial charge < -0.3 is 15.0 Å². The third kappa shape index (κ3) is 7.11. The zero-order valence-corrected chi connectivity index (χ0v) is 13.4. The van der Waals surface area contributed by atoms with Crippen LogP contribution in [-0.2, 0) is 9.53 Å². The summed E-state index contributed by atoms with van der Waals surface area (Å²) in [5, 5.41) is 2.90. The molecule has 0 aromatic heterocycles. The summed E-state index contributed by atoms with van der Waals surface area (Å²) < 4.78 is 5.35. The van der Waals surface area contributed by atoms with E-state index in [1.165, 1.54) is 0 Å². The van der Waals surface area contributed by atoms with Crippen molar-refractivity contribution < 1.29 is 9.53 Å². The van der Waals surface area contributed by atoms with Crippen LogP contribution in [0.2, 0.25) is 0 Å². The smallest absolute Gasteiger partial charge is 0.236 e. The lowest BCUT2D eigenvalue weighted by molar-refractivity contribution is -0.130. The normalized spacial score (nSPS) is 16.8. The molecule has 19 heavy (non-hydrogen) atoms. The first-order chi connectivity index (χ1) is 8.44. The highest BCUT2D eigenvalue weighted by molar-refractivity contribution is 5.85. The second-order valence-electron chi connectivity index (χ2n) is 5.83. The van der Waals surface area contributed by atoms with E-state index in [1.807, 2.05) is 11.9 Å². The van der Waals surface area contributed by atoms with Crippen LogP contribution < -0.4 is 5.32 Å². The molecular formula is C13H28ClN3O2. The van der Waals surface area contributed by atoms with Crippen LogP contribution >= 0.6 is 12.4 Å². The van der Waals surface area contributed by atoms with Crippen LogP contribution in [0.15, 0.2) is 0 Å². The maximum absolute atomic E-state index is 11.7. The van der Waals surface area contributed by atoms with Gasteiger partial charge in [-0.1, -0.05) is 13.8 Å². The maximum Gasteiger partial charge on any atom is 0.236 e. The number of rotatable bonds is 6. The van der Waals surface area contributed by atoms with E-state index in [0.717, 1.165) is 39.4 Å². The number of morpholine rings is 1. The van der Waals surface area contributed by atoms with Gasteiger partial charge in [0.2, 0.25) is 5.91 Å². The molecule has 1 aliphatic rings. The monoisotopic (exact) mass is 293 g/mol. The Balaban J connectivity index is 0.00000324. The molecule has 0 spiro atoms. The van der Waals surface area contributed by atoms with E-state index in [0.29, 0.717) is 6.54 Å². The minimum atomic E-state index is 0. The Labute approximate surface area is 123 Å². The first-order valence-electron chi connectivity index (χ1n) is 6.63. The highest BCUT2D eigenvalue weighted by Gasteiger charge is 2.26. The number of likely N-dealkylation sites (N-methyl/N-ethyl adjacent to an activating group) is 2. The molecule has 0 unspecified atom stereocenters. The SMILES string of the molecule is CNCC(=O)N(C)CC(C)(C)CN1CCOCC1.Cl. The standard InChI is InChI=1S/C13H27N3O2.ClH/c1-13(2,10-15(4)12(17)9-14-3)11-16-5-7-18-8-6-16;/h14H,5-11H2,1-4H3;1H. The number of hydrogen-bond acceptors (Lipinski definition) is 4. The third-order valence-electron chi connectivity index (χ3n) is 3.17. The molecule has 0 radical (unpaired) electrons. The van der Waals surface area contributed by atoms with Gasteiger partial charge in [0.05, 0.1) is 19.8 Å². The van der Waals surface area contributed by atoms with E-state index in [9.17, 15) is 4.79 Å². The van der Waals surface area contributed by atoms with Crippen molar-refractivity contribution in [1.82, 2.24) is 15.1 Å². The fourth-order valence-electron chi connectivity index (χ4n) is 2.43. The number of halogens is 1. The topological polar surface area (TPSA) is 44.8 Å². The Morgan fingerprint density at radius 3 is 2.47 bits per heavy atom. The van der Waals surface area contributed by atoms with Crippen molar-refractivity contribution in [2.24, 2.45) is 5.41 Å². The summed E-state index contributed by atoms with van der Waals surface area (Å²) in [5.41, 5.74) is 0.107. The van der Waals surface area contributed by atoms with E-state index < -0.39 is 0 Å². The Morgan fingerprint density at radius 2 is 1.95 bits per heavy atom. The van der Waals surface area contributed by atoms with Crippen LogP contribution in [0.25, 0.3) is 0 Å². The molecule has 1 N–H and O–H groups in total. The average Bonchev–Trinajstić information content (AvgIpc) is 2.29. The Bertz CT molecular complexity index is 269. The maximum atomic E-state index is 11.7. The molecule has 0 saturated carbocycles. The Kier molecular flexibility index (Phi) is 8.57. The van der Waals surface area contributed by atoms with Crippen molar-refractivity contribution in [3.05, 3.63) is 0 Å². The molecule has 0 aliphatic carbocycles. The lowest BCUT2D eigenvalue weighted by Gasteiger charge is -2.37. The summed E-state index contributed by atoms with van der Waals surface area (Å²) in [5.74, 6) is 0.146. The van der Waals surface area contributed by atoms with Crippen LogP contribution in [0.3, 0.4) is 0 Å². The van der Waals surface area contributed by atoms with Crippen LogP contribution in [0.4, 0.5) is 0 Å². The van der Waals surface area contributed by atoms with Gasteiger partial charge in [0.15, 0.2) is 0 Å². The van der Waals surface area contributed by atoms with Crippen molar-refractivity contribution in [3.63, 3.8) is 0 Å². The van der Waals surface area contributed by atoms with Crippen LogP contribution in [-0.4, -0.2) is 75.7 Å². The van der Waals surface area contributed by atoms with Crippen molar-refractivity contribution in [3.8, 4) is 0 Å². The molecule has 1 fully saturated rings. The number of carbonyl (C=O) groups excluding carboxylic acids is 1.